The molecule has 1 heterocycles. The molecule has 0 bridgehead atoms. The van der Waals surface area contributed by atoms with Crippen molar-refractivity contribution in [2.45, 2.75) is 39.8 Å². The molecule has 1 aliphatic heterocycles. The van der Waals surface area contributed by atoms with E-state index >= 15 is 0 Å². The standard InChI is InChI=1S/C20H24NP.5CO.W/c1-15(2)21(16(3)4)20-19(17-11-7-5-8-12-17)22(20)18-13-9-6-10-14-18;5*1-2;/h5-16H,1-4H3;;;;;;. The second kappa shape index (κ2) is 24.4. The fraction of sp³-hybridized carbons (Fsp3) is 0.240. The summed E-state index contributed by atoms with van der Waals surface area (Å²) >= 11 is 0. The van der Waals surface area contributed by atoms with Crippen molar-refractivity contribution in [3.63, 3.8) is 0 Å². The van der Waals surface area contributed by atoms with Gasteiger partial charge in [0.15, 0.2) is 0 Å². The second-order valence-corrected chi connectivity index (χ2v) is 8.36. The molecular formula is C25H24NO5PW. The molecule has 2 aromatic carbocycles. The molecule has 0 aliphatic carbocycles. The predicted octanol–water partition coefficient (Wildman–Crippen LogP) is 5.06. The normalized spacial score (nSPS) is 11.8. The Morgan fingerprint density at radius 2 is 0.939 bits per heavy atom. The van der Waals surface area contributed by atoms with Crippen molar-refractivity contribution in [3.8, 4) is 0 Å². The summed E-state index contributed by atoms with van der Waals surface area (Å²) < 4.78 is 37.5. The Morgan fingerprint density at radius 1 is 0.606 bits per heavy atom. The molecule has 0 radical (unpaired) electrons. The Bertz CT molecular complexity index is 845. The minimum absolute atomic E-state index is 0. The van der Waals surface area contributed by atoms with E-state index in [9.17, 15) is 0 Å². The molecule has 0 saturated heterocycles. The van der Waals surface area contributed by atoms with Crippen LogP contribution in [0.25, 0.3) is 5.31 Å². The van der Waals surface area contributed by atoms with E-state index in [4.69, 9.17) is 23.3 Å². The Balaban J connectivity index is -0.000000340. The van der Waals surface area contributed by atoms with Gasteiger partial charge in [-0.3, -0.25) is 0 Å². The van der Waals surface area contributed by atoms with Crippen molar-refractivity contribution in [2.75, 3.05) is 0 Å². The monoisotopic (exact) mass is 633 g/mol. The van der Waals surface area contributed by atoms with E-state index in [0.717, 1.165) is 0 Å². The minimum Gasteiger partial charge on any atom is 0 e. The Morgan fingerprint density at radius 3 is 1.27 bits per heavy atom. The first-order valence-electron chi connectivity index (χ1n) is 9.06. The minimum atomic E-state index is -0.294. The maximum absolute atomic E-state index is 7.50. The van der Waals surface area contributed by atoms with Crippen LogP contribution in [0, 0.1) is 33.3 Å². The summed E-state index contributed by atoms with van der Waals surface area (Å²) in [5.41, 5.74) is 2.95. The van der Waals surface area contributed by atoms with Crippen LogP contribution in [0.2, 0.25) is 0 Å². The third kappa shape index (κ3) is 12.0. The number of benzene rings is 2. The van der Waals surface area contributed by atoms with E-state index in [0.29, 0.717) is 12.1 Å². The quantitative estimate of drug-likeness (QED) is 0.257. The fourth-order valence-electron chi connectivity index (χ4n) is 3.16. The summed E-state index contributed by atoms with van der Waals surface area (Å²) in [6.07, 6.45) is 0. The summed E-state index contributed by atoms with van der Waals surface area (Å²) in [5.74, 6) is 0. The van der Waals surface area contributed by atoms with E-state index < -0.39 is 0 Å². The largest absolute Gasteiger partial charge is 0 e. The van der Waals surface area contributed by atoms with Gasteiger partial charge in [-0.1, -0.05) is 60.7 Å². The van der Waals surface area contributed by atoms with Gasteiger partial charge in [0, 0.05) is 46.4 Å². The molecule has 1 atom stereocenters. The molecule has 1 aliphatic rings. The van der Waals surface area contributed by atoms with E-state index in [1.54, 1.807) is 10.8 Å². The second-order valence-electron chi connectivity index (χ2n) is 6.30. The van der Waals surface area contributed by atoms with Gasteiger partial charge < -0.3 is 4.90 Å². The molecule has 0 saturated carbocycles. The summed E-state index contributed by atoms with van der Waals surface area (Å²) in [7, 11) is -0.294. The third-order valence-electron chi connectivity index (χ3n) is 4.02. The van der Waals surface area contributed by atoms with Crippen molar-refractivity contribution < 1.29 is 44.3 Å². The van der Waals surface area contributed by atoms with Gasteiger partial charge in [-0.15, -0.1) is 0 Å². The molecule has 33 heavy (non-hydrogen) atoms. The van der Waals surface area contributed by atoms with Gasteiger partial charge in [0.1, 0.15) is 0 Å². The van der Waals surface area contributed by atoms with Crippen LogP contribution in [0.5, 0.6) is 0 Å². The first-order chi connectivity index (χ1) is 15.6. The molecular weight excluding hydrogens is 609 g/mol. The van der Waals surface area contributed by atoms with Crippen LogP contribution < -0.4 is 5.30 Å². The van der Waals surface area contributed by atoms with Gasteiger partial charge in [-0.25, -0.2) is 0 Å². The molecule has 0 aromatic heterocycles. The van der Waals surface area contributed by atoms with E-state index in [1.165, 1.54) is 10.9 Å². The average Bonchev–Trinajstić information content (AvgIpc) is 3.60. The SMILES string of the molecule is CC(C)N(C1=C(c2ccccc2)P1c1ccccc1)C(C)C.[C-]#[O+].[C-]#[O+].[C-]#[O+].[C-]#[O+].[C-]#[O+].[W]. The van der Waals surface area contributed by atoms with Crippen LogP contribution in [-0.4, -0.2) is 17.0 Å². The predicted molar refractivity (Wildman–Crippen MR) is 118 cm³/mol. The van der Waals surface area contributed by atoms with Gasteiger partial charge in [0.2, 0.25) is 0 Å². The van der Waals surface area contributed by atoms with Crippen molar-refractivity contribution in [1.29, 1.82) is 0 Å². The van der Waals surface area contributed by atoms with Crippen LogP contribution in [0.3, 0.4) is 0 Å². The molecule has 0 spiro atoms. The molecule has 3 rings (SSSR count). The van der Waals surface area contributed by atoms with Gasteiger partial charge in [-0.05, 0) is 38.6 Å². The zero-order valence-electron chi connectivity index (χ0n) is 18.8. The molecule has 0 N–H and O–H groups in total. The third-order valence-corrected chi connectivity index (χ3v) is 6.40. The van der Waals surface area contributed by atoms with E-state index in [2.05, 4.69) is 127 Å². The number of rotatable bonds is 5. The van der Waals surface area contributed by atoms with Gasteiger partial charge in [0.25, 0.3) is 0 Å². The van der Waals surface area contributed by atoms with Crippen molar-refractivity contribution in [1.82, 2.24) is 4.90 Å². The zero-order chi connectivity index (χ0) is 25.7. The molecule has 6 nitrogen and oxygen atoms in total. The smallest absolute Gasteiger partial charge is 0 e. The topological polar surface area (TPSA) is 103 Å². The fourth-order valence-corrected chi connectivity index (χ4v) is 5.94. The summed E-state index contributed by atoms with van der Waals surface area (Å²) in [4.78, 5) is 2.60. The Hall–Kier alpha value is -2.20. The summed E-state index contributed by atoms with van der Waals surface area (Å²) in [6.45, 7) is 31.7. The van der Waals surface area contributed by atoms with E-state index in [-0.39, 0.29) is 29.0 Å². The Kier molecular flexibility index (Phi) is 28.2. The molecule has 8 heteroatoms. The number of hydrogen-bond donors (Lipinski definition) is 0. The summed E-state index contributed by atoms with van der Waals surface area (Å²) in [5, 5.41) is 3.03. The van der Waals surface area contributed by atoms with Crippen LogP contribution in [0.4, 0.5) is 0 Å². The van der Waals surface area contributed by atoms with Crippen LogP contribution in [-0.2, 0) is 44.3 Å². The molecule has 170 valence electrons. The molecule has 2 aromatic rings. The molecule has 0 fully saturated rings. The first kappa shape index (κ1) is 38.1. The van der Waals surface area contributed by atoms with E-state index in [1.807, 2.05) is 0 Å². The first-order valence-corrected chi connectivity index (χ1v) is 10.4. The van der Waals surface area contributed by atoms with Crippen LogP contribution in [0.15, 0.2) is 66.1 Å². The molecule has 1 unspecified atom stereocenters. The Labute approximate surface area is 212 Å². The van der Waals surface area contributed by atoms with Crippen molar-refractivity contribution in [3.05, 3.63) is 105 Å². The zero-order valence-corrected chi connectivity index (χ0v) is 22.6. The number of hydrogen-bond acceptors (Lipinski definition) is 1. The number of nitrogens with zero attached hydrogens (tertiary/aromatic N) is 1. The average molecular weight is 633 g/mol. The van der Waals surface area contributed by atoms with Crippen LogP contribution in [0.1, 0.15) is 33.3 Å². The van der Waals surface area contributed by atoms with Crippen molar-refractivity contribution in [2.24, 2.45) is 0 Å². The van der Waals surface area contributed by atoms with Crippen molar-refractivity contribution >= 4 is 18.5 Å². The maximum Gasteiger partial charge on any atom is 0 e. The van der Waals surface area contributed by atoms with Gasteiger partial charge >= 0.3 is 56.5 Å². The maximum atomic E-state index is 7.50. The summed E-state index contributed by atoms with van der Waals surface area (Å²) in [6, 6.07) is 22.9. The van der Waals surface area contributed by atoms with Crippen LogP contribution >= 0.6 is 7.92 Å². The molecule has 0 amide bonds. The van der Waals surface area contributed by atoms with Gasteiger partial charge in [-0.2, -0.15) is 0 Å². The van der Waals surface area contributed by atoms with Gasteiger partial charge in [0.05, 0.1) is 5.44 Å².